The molecule has 1 unspecified atom stereocenters. The average Bonchev–Trinajstić information content (AvgIpc) is 3.13. The third-order valence-electron chi connectivity index (χ3n) is 4.13. The molecule has 2 aromatic heterocycles. The van der Waals surface area contributed by atoms with Gasteiger partial charge in [-0.25, -0.2) is 4.79 Å². The van der Waals surface area contributed by atoms with Gasteiger partial charge in [-0.3, -0.25) is 0 Å². The summed E-state index contributed by atoms with van der Waals surface area (Å²) in [5.41, 5.74) is 2.55. The molecule has 126 valence electrons. The molecule has 0 aliphatic rings. The van der Waals surface area contributed by atoms with Gasteiger partial charge in [0.05, 0.1) is 18.3 Å². The maximum Gasteiger partial charge on any atom is 0.318 e. The first kappa shape index (κ1) is 16.1. The second-order valence-electron chi connectivity index (χ2n) is 6.02. The van der Waals surface area contributed by atoms with Crippen molar-refractivity contribution in [2.24, 2.45) is 0 Å². The number of carbonyl (C=O) groups is 1. The summed E-state index contributed by atoms with van der Waals surface area (Å²) in [5.74, 6) is 1.47. The Morgan fingerprint density at radius 2 is 2.08 bits per heavy atom. The van der Waals surface area contributed by atoms with E-state index in [0.29, 0.717) is 6.54 Å². The van der Waals surface area contributed by atoms with Crippen molar-refractivity contribution in [2.45, 2.75) is 33.4 Å². The summed E-state index contributed by atoms with van der Waals surface area (Å²) in [6, 6.07) is 9.34. The molecule has 1 aromatic carbocycles. The second-order valence-corrected chi connectivity index (χ2v) is 6.02. The molecule has 0 spiro atoms. The standard InChI is InChI=1S/C18H21N3O3/c1-11-15(13(3)24-20-11)10-21(4)18(22)19-12(2)17-9-14-7-5-6-8-16(14)23-17/h5-9,12H,10H2,1-4H3,(H,19,22). The van der Waals surface area contributed by atoms with Gasteiger partial charge in [-0.05, 0) is 32.9 Å². The summed E-state index contributed by atoms with van der Waals surface area (Å²) in [4.78, 5) is 14.0. The van der Waals surface area contributed by atoms with Crippen LogP contribution in [0.2, 0.25) is 0 Å². The van der Waals surface area contributed by atoms with Crippen molar-refractivity contribution >= 4 is 17.0 Å². The number of carbonyl (C=O) groups excluding carboxylic acids is 1. The number of fused-ring (bicyclic) bond motifs is 1. The van der Waals surface area contributed by atoms with Gasteiger partial charge in [0, 0.05) is 18.0 Å². The van der Waals surface area contributed by atoms with Gasteiger partial charge in [0.2, 0.25) is 0 Å². The van der Waals surface area contributed by atoms with Crippen LogP contribution in [0, 0.1) is 13.8 Å². The Balaban J connectivity index is 1.67. The zero-order valence-electron chi connectivity index (χ0n) is 14.3. The number of aromatic nitrogens is 1. The molecule has 0 fully saturated rings. The minimum Gasteiger partial charge on any atom is -0.459 e. The molecule has 0 aliphatic heterocycles. The van der Waals surface area contributed by atoms with Crippen LogP contribution in [0.25, 0.3) is 11.0 Å². The molecule has 2 amide bonds. The third-order valence-corrected chi connectivity index (χ3v) is 4.13. The van der Waals surface area contributed by atoms with Crippen LogP contribution in [0.5, 0.6) is 0 Å². The van der Waals surface area contributed by atoms with E-state index in [1.54, 1.807) is 11.9 Å². The highest BCUT2D eigenvalue weighted by Crippen LogP contribution is 2.23. The van der Waals surface area contributed by atoms with Crippen LogP contribution < -0.4 is 5.32 Å². The maximum absolute atomic E-state index is 12.4. The molecule has 1 atom stereocenters. The minimum absolute atomic E-state index is 0.178. The SMILES string of the molecule is Cc1noc(C)c1CN(C)C(=O)NC(C)c1cc2ccccc2o1. The summed E-state index contributed by atoms with van der Waals surface area (Å²) in [5, 5.41) is 7.89. The van der Waals surface area contributed by atoms with Crippen molar-refractivity contribution in [1.82, 2.24) is 15.4 Å². The normalized spacial score (nSPS) is 12.3. The summed E-state index contributed by atoms with van der Waals surface area (Å²) in [6.45, 7) is 6.06. The average molecular weight is 327 g/mol. The van der Waals surface area contributed by atoms with E-state index in [1.807, 2.05) is 51.1 Å². The molecule has 2 heterocycles. The maximum atomic E-state index is 12.4. The predicted octanol–water partition coefficient (Wildman–Crippen LogP) is 3.94. The zero-order valence-corrected chi connectivity index (χ0v) is 14.3. The highest BCUT2D eigenvalue weighted by atomic mass is 16.5. The van der Waals surface area contributed by atoms with Gasteiger partial charge >= 0.3 is 6.03 Å². The van der Waals surface area contributed by atoms with E-state index < -0.39 is 0 Å². The molecular formula is C18H21N3O3. The van der Waals surface area contributed by atoms with Crippen LogP contribution in [0.1, 0.15) is 35.7 Å². The smallest absolute Gasteiger partial charge is 0.318 e. The number of benzene rings is 1. The van der Waals surface area contributed by atoms with Gasteiger partial charge < -0.3 is 19.2 Å². The van der Waals surface area contributed by atoms with Crippen molar-refractivity contribution in [3.8, 4) is 0 Å². The molecular weight excluding hydrogens is 306 g/mol. The molecule has 1 N–H and O–H groups in total. The molecule has 6 nitrogen and oxygen atoms in total. The molecule has 24 heavy (non-hydrogen) atoms. The van der Waals surface area contributed by atoms with Gasteiger partial charge in [0.15, 0.2) is 0 Å². The quantitative estimate of drug-likeness (QED) is 0.788. The molecule has 0 saturated heterocycles. The molecule has 3 aromatic rings. The number of hydrogen-bond acceptors (Lipinski definition) is 4. The number of aryl methyl sites for hydroxylation is 2. The number of amides is 2. The van der Waals surface area contributed by atoms with E-state index in [2.05, 4.69) is 10.5 Å². The Bertz CT molecular complexity index is 813. The summed E-state index contributed by atoms with van der Waals surface area (Å²) >= 11 is 0. The lowest BCUT2D eigenvalue weighted by Gasteiger charge is -2.20. The van der Waals surface area contributed by atoms with Gasteiger partial charge in [-0.2, -0.15) is 0 Å². The number of urea groups is 1. The summed E-state index contributed by atoms with van der Waals surface area (Å²) < 4.78 is 10.9. The lowest BCUT2D eigenvalue weighted by atomic mass is 10.2. The highest BCUT2D eigenvalue weighted by Gasteiger charge is 2.19. The molecule has 3 rings (SSSR count). The number of nitrogens with one attached hydrogen (secondary N) is 1. The van der Waals surface area contributed by atoms with Crippen LogP contribution in [0.4, 0.5) is 4.79 Å². The van der Waals surface area contributed by atoms with E-state index in [9.17, 15) is 4.79 Å². The van der Waals surface area contributed by atoms with Crippen molar-refractivity contribution in [3.63, 3.8) is 0 Å². The molecule has 6 heteroatoms. The molecule has 0 saturated carbocycles. The Kier molecular flexibility index (Phi) is 4.29. The first-order valence-electron chi connectivity index (χ1n) is 7.87. The minimum atomic E-state index is -0.225. The van der Waals surface area contributed by atoms with Crippen molar-refractivity contribution in [2.75, 3.05) is 7.05 Å². The Morgan fingerprint density at radius 3 is 2.75 bits per heavy atom. The van der Waals surface area contributed by atoms with Crippen LogP contribution in [0.15, 0.2) is 39.3 Å². The fraction of sp³-hybridized carbons (Fsp3) is 0.333. The monoisotopic (exact) mass is 327 g/mol. The van der Waals surface area contributed by atoms with E-state index in [1.165, 1.54) is 0 Å². The summed E-state index contributed by atoms with van der Waals surface area (Å²) in [7, 11) is 1.74. The largest absolute Gasteiger partial charge is 0.459 e. The van der Waals surface area contributed by atoms with E-state index in [0.717, 1.165) is 33.7 Å². The number of rotatable bonds is 4. The van der Waals surface area contributed by atoms with Crippen LogP contribution in [-0.4, -0.2) is 23.1 Å². The van der Waals surface area contributed by atoms with Gasteiger partial charge in [-0.15, -0.1) is 0 Å². The van der Waals surface area contributed by atoms with Gasteiger partial charge in [0.25, 0.3) is 0 Å². The van der Waals surface area contributed by atoms with Crippen LogP contribution >= 0.6 is 0 Å². The summed E-state index contributed by atoms with van der Waals surface area (Å²) in [6.07, 6.45) is 0. The molecule has 0 bridgehead atoms. The Morgan fingerprint density at radius 1 is 1.33 bits per heavy atom. The van der Waals surface area contributed by atoms with E-state index in [4.69, 9.17) is 8.94 Å². The highest BCUT2D eigenvalue weighted by molar-refractivity contribution is 5.78. The van der Waals surface area contributed by atoms with E-state index in [-0.39, 0.29) is 12.1 Å². The molecule has 0 radical (unpaired) electrons. The van der Waals surface area contributed by atoms with Crippen LogP contribution in [0.3, 0.4) is 0 Å². The molecule has 0 aliphatic carbocycles. The number of furan rings is 1. The van der Waals surface area contributed by atoms with Crippen molar-refractivity contribution in [3.05, 3.63) is 53.1 Å². The van der Waals surface area contributed by atoms with E-state index >= 15 is 0 Å². The second kappa shape index (κ2) is 6.39. The number of hydrogen-bond donors (Lipinski definition) is 1. The Hall–Kier alpha value is -2.76. The fourth-order valence-electron chi connectivity index (χ4n) is 2.62. The fourth-order valence-corrected chi connectivity index (χ4v) is 2.62. The number of nitrogens with zero attached hydrogens (tertiary/aromatic N) is 2. The zero-order chi connectivity index (χ0) is 17.3. The van der Waals surface area contributed by atoms with Gasteiger partial charge in [-0.1, -0.05) is 23.4 Å². The number of para-hydroxylation sites is 1. The third kappa shape index (κ3) is 3.13. The topological polar surface area (TPSA) is 71.5 Å². The van der Waals surface area contributed by atoms with Gasteiger partial charge in [0.1, 0.15) is 17.1 Å². The Labute approximate surface area is 140 Å². The van der Waals surface area contributed by atoms with Crippen LogP contribution in [-0.2, 0) is 6.54 Å². The first-order valence-corrected chi connectivity index (χ1v) is 7.87. The lowest BCUT2D eigenvalue weighted by molar-refractivity contribution is 0.202. The first-order chi connectivity index (χ1) is 11.5. The predicted molar refractivity (Wildman–Crippen MR) is 90.6 cm³/mol. The lowest BCUT2D eigenvalue weighted by Crippen LogP contribution is -2.38. The van der Waals surface area contributed by atoms with Crippen molar-refractivity contribution < 1.29 is 13.7 Å². The van der Waals surface area contributed by atoms with Crippen molar-refractivity contribution in [1.29, 1.82) is 0 Å².